The predicted molar refractivity (Wildman–Crippen MR) is 116 cm³/mol. The fraction of sp³-hybridized carbons (Fsp3) is 0.143. The molecule has 4 aromatic heterocycles. The van der Waals surface area contributed by atoms with Crippen molar-refractivity contribution in [2.45, 2.75) is 6.54 Å². The van der Waals surface area contributed by atoms with E-state index in [0.717, 1.165) is 21.8 Å². The molecule has 0 bridgehead atoms. The fourth-order valence-corrected chi connectivity index (χ4v) is 4.01. The number of pyridine rings is 2. The summed E-state index contributed by atoms with van der Waals surface area (Å²) in [5.41, 5.74) is 4.35. The highest BCUT2D eigenvalue weighted by atomic mass is 31.2. The molecule has 4 heterocycles. The number of hydrogen-bond donors (Lipinski definition) is 0. The lowest BCUT2D eigenvalue weighted by Crippen LogP contribution is -2.05. The Kier molecular flexibility index (Phi) is 4.37. The molecule has 0 aliphatic heterocycles. The quantitative estimate of drug-likeness (QED) is 0.416. The number of rotatable bonds is 4. The van der Waals surface area contributed by atoms with Crippen LogP contribution >= 0.6 is 7.14 Å². The van der Waals surface area contributed by atoms with Gasteiger partial charge in [0.15, 0.2) is 5.65 Å². The van der Waals surface area contributed by atoms with Gasteiger partial charge in [-0.3, -0.25) is 9.97 Å². The molecule has 0 aliphatic rings. The summed E-state index contributed by atoms with van der Waals surface area (Å²) in [6.07, 6.45) is 5.05. The zero-order valence-electron chi connectivity index (χ0n) is 16.5. The molecule has 5 aromatic rings. The summed E-state index contributed by atoms with van der Waals surface area (Å²) in [6.45, 7) is 3.96. The van der Waals surface area contributed by atoms with Gasteiger partial charge in [-0.15, -0.1) is 5.10 Å². The molecular weight excluding hydrogens is 397 g/mol. The SMILES string of the molecule is CP(C)(=O)c1ccc(-c2cnc3nnn(Cc4ccc5ncccc5c4)c3n2)nc1. The molecule has 0 spiro atoms. The Labute approximate surface area is 172 Å². The van der Waals surface area contributed by atoms with Crippen molar-refractivity contribution in [3.05, 3.63) is 66.6 Å². The monoisotopic (exact) mass is 415 g/mol. The van der Waals surface area contributed by atoms with Crippen LogP contribution in [0.4, 0.5) is 0 Å². The van der Waals surface area contributed by atoms with Gasteiger partial charge in [0.25, 0.3) is 0 Å². The number of hydrogen-bond acceptors (Lipinski definition) is 7. The lowest BCUT2D eigenvalue weighted by Gasteiger charge is -2.07. The second-order valence-electron chi connectivity index (χ2n) is 7.43. The van der Waals surface area contributed by atoms with Gasteiger partial charge in [0, 0.05) is 23.1 Å². The fourth-order valence-electron chi connectivity index (χ4n) is 3.24. The maximum atomic E-state index is 12.2. The minimum Gasteiger partial charge on any atom is -0.319 e. The van der Waals surface area contributed by atoms with Gasteiger partial charge in [0.05, 0.1) is 24.0 Å². The Bertz CT molecular complexity index is 1420. The lowest BCUT2D eigenvalue weighted by molar-refractivity contribution is 0.588. The molecule has 0 amide bonds. The van der Waals surface area contributed by atoms with Crippen molar-refractivity contribution in [1.82, 2.24) is 34.9 Å². The molecule has 148 valence electrons. The first-order valence-corrected chi connectivity index (χ1v) is 12.0. The van der Waals surface area contributed by atoms with E-state index < -0.39 is 7.14 Å². The summed E-state index contributed by atoms with van der Waals surface area (Å²) >= 11 is 0. The minimum atomic E-state index is -2.35. The highest BCUT2D eigenvalue weighted by Gasteiger charge is 2.14. The van der Waals surface area contributed by atoms with E-state index in [1.165, 1.54) is 0 Å². The van der Waals surface area contributed by atoms with E-state index in [1.807, 2.05) is 36.4 Å². The van der Waals surface area contributed by atoms with E-state index >= 15 is 0 Å². The van der Waals surface area contributed by atoms with Crippen LogP contribution < -0.4 is 5.30 Å². The summed E-state index contributed by atoms with van der Waals surface area (Å²) in [6, 6.07) is 13.7. The molecule has 9 heteroatoms. The van der Waals surface area contributed by atoms with E-state index in [-0.39, 0.29) is 0 Å². The third-order valence-corrected chi connectivity index (χ3v) is 6.37. The second kappa shape index (κ2) is 7.07. The van der Waals surface area contributed by atoms with E-state index in [9.17, 15) is 4.57 Å². The Morgan fingerprint density at radius 3 is 2.67 bits per heavy atom. The first-order valence-electron chi connectivity index (χ1n) is 9.39. The largest absolute Gasteiger partial charge is 0.319 e. The van der Waals surface area contributed by atoms with Crippen molar-refractivity contribution in [2.75, 3.05) is 13.3 Å². The average molecular weight is 415 g/mol. The van der Waals surface area contributed by atoms with Crippen LogP contribution in [-0.4, -0.2) is 48.3 Å². The van der Waals surface area contributed by atoms with Crippen LogP contribution in [0.1, 0.15) is 5.56 Å². The van der Waals surface area contributed by atoms with Crippen LogP contribution in [0.2, 0.25) is 0 Å². The Hall–Kier alpha value is -3.51. The van der Waals surface area contributed by atoms with E-state index in [4.69, 9.17) is 0 Å². The van der Waals surface area contributed by atoms with Crippen molar-refractivity contribution in [3.63, 3.8) is 0 Å². The van der Waals surface area contributed by atoms with Gasteiger partial charge in [-0.2, -0.15) is 0 Å². The maximum Gasteiger partial charge on any atom is 0.221 e. The molecule has 0 N–H and O–H groups in total. The maximum absolute atomic E-state index is 12.2. The summed E-state index contributed by atoms with van der Waals surface area (Å²) in [7, 11) is -2.35. The highest BCUT2D eigenvalue weighted by Crippen LogP contribution is 2.34. The van der Waals surface area contributed by atoms with Gasteiger partial charge in [-0.1, -0.05) is 17.3 Å². The highest BCUT2D eigenvalue weighted by molar-refractivity contribution is 7.70. The standard InChI is InChI=1S/C21H18N7OP/c1-30(2,29)16-6-8-18(23-11-16)19-12-24-20-21(25-19)28(27-26-20)13-14-5-7-17-15(10-14)4-3-9-22-17/h3-12H,13H2,1-2H3. The lowest BCUT2D eigenvalue weighted by atomic mass is 10.1. The minimum absolute atomic E-state index is 0.476. The number of aromatic nitrogens is 7. The number of fused-ring (bicyclic) bond motifs is 2. The van der Waals surface area contributed by atoms with Crippen LogP contribution in [0.5, 0.6) is 0 Å². The van der Waals surface area contributed by atoms with E-state index in [0.29, 0.717) is 29.2 Å². The molecule has 0 radical (unpaired) electrons. The van der Waals surface area contributed by atoms with Crippen molar-refractivity contribution < 1.29 is 4.57 Å². The van der Waals surface area contributed by atoms with Crippen LogP contribution in [0.15, 0.2) is 61.1 Å². The molecule has 0 aliphatic carbocycles. The van der Waals surface area contributed by atoms with Crippen LogP contribution in [0.3, 0.4) is 0 Å². The van der Waals surface area contributed by atoms with Crippen molar-refractivity contribution in [2.24, 2.45) is 0 Å². The van der Waals surface area contributed by atoms with Crippen molar-refractivity contribution in [3.8, 4) is 11.4 Å². The third-order valence-electron chi connectivity index (χ3n) is 4.86. The molecule has 0 unspecified atom stereocenters. The molecular formula is C21H18N7OP. The summed E-state index contributed by atoms with van der Waals surface area (Å²) in [5, 5.41) is 10.2. The van der Waals surface area contributed by atoms with Crippen LogP contribution in [-0.2, 0) is 11.1 Å². The van der Waals surface area contributed by atoms with Gasteiger partial charge in [-0.05, 0) is 49.2 Å². The average Bonchev–Trinajstić information content (AvgIpc) is 3.15. The smallest absolute Gasteiger partial charge is 0.221 e. The zero-order valence-corrected chi connectivity index (χ0v) is 17.4. The van der Waals surface area contributed by atoms with Gasteiger partial charge < -0.3 is 4.57 Å². The van der Waals surface area contributed by atoms with E-state index in [2.05, 4.69) is 36.3 Å². The Morgan fingerprint density at radius 2 is 1.87 bits per heavy atom. The topological polar surface area (TPSA) is 99.3 Å². The van der Waals surface area contributed by atoms with Gasteiger partial charge in [0.1, 0.15) is 12.8 Å². The molecule has 1 aromatic carbocycles. The predicted octanol–water partition coefficient (Wildman–Crippen LogP) is 3.13. The molecule has 0 saturated carbocycles. The van der Waals surface area contributed by atoms with Crippen LogP contribution in [0.25, 0.3) is 33.6 Å². The molecule has 30 heavy (non-hydrogen) atoms. The summed E-state index contributed by atoms with van der Waals surface area (Å²) < 4.78 is 13.9. The summed E-state index contributed by atoms with van der Waals surface area (Å²) in [4.78, 5) is 17.8. The first-order chi connectivity index (χ1) is 14.5. The van der Waals surface area contributed by atoms with Crippen LogP contribution in [0, 0.1) is 0 Å². The zero-order chi connectivity index (χ0) is 20.7. The number of nitrogens with zero attached hydrogens (tertiary/aromatic N) is 7. The van der Waals surface area contributed by atoms with Crippen molar-refractivity contribution in [1.29, 1.82) is 0 Å². The number of benzene rings is 1. The van der Waals surface area contributed by atoms with Gasteiger partial charge in [0.2, 0.25) is 5.65 Å². The first kappa shape index (κ1) is 18.5. The Morgan fingerprint density at radius 1 is 0.967 bits per heavy atom. The van der Waals surface area contributed by atoms with Gasteiger partial charge in [-0.25, -0.2) is 14.6 Å². The molecule has 0 fully saturated rings. The molecule has 0 saturated heterocycles. The second-order valence-corrected chi connectivity index (χ2v) is 10.7. The van der Waals surface area contributed by atoms with E-state index in [1.54, 1.807) is 36.6 Å². The molecule has 0 atom stereocenters. The normalized spacial score (nSPS) is 11.9. The van der Waals surface area contributed by atoms with Gasteiger partial charge >= 0.3 is 0 Å². The molecule has 5 rings (SSSR count). The van der Waals surface area contributed by atoms with Crippen molar-refractivity contribution >= 4 is 34.6 Å². The Balaban J connectivity index is 1.50. The third kappa shape index (κ3) is 3.46. The molecule has 8 nitrogen and oxygen atoms in total. The summed E-state index contributed by atoms with van der Waals surface area (Å²) in [5.74, 6) is 0.